The number of halogens is 1. The minimum Gasteiger partial charge on any atom is -0.383 e. The summed E-state index contributed by atoms with van der Waals surface area (Å²) >= 11 is 0. The molecule has 0 bridgehead atoms. The fourth-order valence-corrected chi connectivity index (χ4v) is 2.84. The standard InChI is InChI=1S/C13H14FN3O2S/c14-11-4-1-3-10(9-11)6-8-17-20(18,19)12-5-2-7-16-13(12)15/h1-5,7,9,17H,6,8H2,(H2,15,16). The summed E-state index contributed by atoms with van der Waals surface area (Å²) in [5.74, 6) is -0.396. The van der Waals surface area contributed by atoms with E-state index in [-0.39, 0.29) is 23.1 Å². The van der Waals surface area contributed by atoms with Gasteiger partial charge in [0.2, 0.25) is 10.0 Å². The molecule has 1 aromatic carbocycles. The molecular formula is C13H14FN3O2S. The molecule has 0 unspecified atom stereocenters. The number of nitrogens with two attached hydrogens (primary N) is 1. The Morgan fingerprint density at radius 3 is 2.75 bits per heavy atom. The van der Waals surface area contributed by atoms with Gasteiger partial charge in [0.1, 0.15) is 16.5 Å². The summed E-state index contributed by atoms with van der Waals surface area (Å²) < 4.78 is 39.4. The highest BCUT2D eigenvalue weighted by Crippen LogP contribution is 2.14. The molecule has 7 heteroatoms. The van der Waals surface area contributed by atoms with Gasteiger partial charge in [0.25, 0.3) is 0 Å². The Bertz CT molecular complexity index is 704. The van der Waals surface area contributed by atoms with Crippen molar-refractivity contribution in [1.29, 1.82) is 0 Å². The molecule has 20 heavy (non-hydrogen) atoms. The van der Waals surface area contributed by atoms with Crippen LogP contribution in [-0.2, 0) is 16.4 Å². The maximum absolute atomic E-state index is 13.0. The summed E-state index contributed by atoms with van der Waals surface area (Å²) in [4.78, 5) is 3.68. The normalized spacial score (nSPS) is 11.4. The predicted molar refractivity (Wildman–Crippen MR) is 73.9 cm³/mol. The lowest BCUT2D eigenvalue weighted by Gasteiger charge is -2.08. The summed E-state index contributed by atoms with van der Waals surface area (Å²) in [7, 11) is -3.70. The molecule has 0 amide bonds. The molecule has 2 aromatic rings. The van der Waals surface area contributed by atoms with E-state index < -0.39 is 10.0 Å². The SMILES string of the molecule is Nc1ncccc1S(=O)(=O)NCCc1cccc(F)c1. The van der Waals surface area contributed by atoms with Crippen molar-refractivity contribution in [3.05, 3.63) is 54.0 Å². The molecule has 5 nitrogen and oxygen atoms in total. The van der Waals surface area contributed by atoms with Gasteiger partial charge in [-0.25, -0.2) is 22.5 Å². The van der Waals surface area contributed by atoms with E-state index in [1.165, 1.54) is 30.5 Å². The average Bonchev–Trinajstić information content (AvgIpc) is 2.39. The number of nitrogens with zero attached hydrogens (tertiary/aromatic N) is 1. The van der Waals surface area contributed by atoms with Gasteiger partial charge in [-0.2, -0.15) is 0 Å². The quantitative estimate of drug-likeness (QED) is 0.871. The Morgan fingerprint density at radius 1 is 1.25 bits per heavy atom. The van der Waals surface area contributed by atoms with Crippen LogP contribution < -0.4 is 10.5 Å². The van der Waals surface area contributed by atoms with E-state index in [4.69, 9.17) is 5.73 Å². The van der Waals surface area contributed by atoms with Crippen LogP contribution in [0.15, 0.2) is 47.5 Å². The van der Waals surface area contributed by atoms with E-state index in [2.05, 4.69) is 9.71 Å². The Balaban J connectivity index is 2.02. The molecule has 0 saturated heterocycles. The van der Waals surface area contributed by atoms with E-state index in [9.17, 15) is 12.8 Å². The number of hydrogen-bond acceptors (Lipinski definition) is 4. The smallest absolute Gasteiger partial charge is 0.244 e. The van der Waals surface area contributed by atoms with E-state index in [0.29, 0.717) is 12.0 Å². The second-order valence-corrected chi connectivity index (χ2v) is 5.90. The van der Waals surface area contributed by atoms with Gasteiger partial charge in [-0.05, 0) is 36.2 Å². The Morgan fingerprint density at radius 2 is 2.05 bits per heavy atom. The molecule has 0 aliphatic rings. The minimum absolute atomic E-state index is 0.0502. The van der Waals surface area contributed by atoms with Crippen LogP contribution in [-0.4, -0.2) is 19.9 Å². The van der Waals surface area contributed by atoms with Crippen molar-refractivity contribution in [2.45, 2.75) is 11.3 Å². The van der Waals surface area contributed by atoms with Crippen molar-refractivity contribution in [3.8, 4) is 0 Å². The molecule has 0 saturated carbocycles. The van der Waals surface area contributed by atoms with Crippen molar-refractivity contribution in [2.75, 3.05) is 12.3 Å². The van der Waals surface area contributed by atoms with Crippen LogP contribution in [0.3, 0.4) is 0 Å². The number of anilines is 1. The van der Waals surface area contributed by atoms with E-state index >= 15 is 0 Å². The molecule has 3 N–H and O–H groups in total. The van der Waals surface area contributed by atoms with Gasteiger partial charge in [0, 0.05) is 12.7 Å². The third-order valence-electron chi connectivity index (χ3n) is 2.68. The van der Waals surface area contributed by atoms with Gasteiger partial charge in [0.05, 0.1) is 0 Å². The fourth-order valence-electron chi connectivity index (χ4n) is 1.73. The van der Waals surface area contributed by atoms with Crippen LogP contribution in [0.5, 0.6) is 0 Å². The molecule has 0 atom stereocenters. The monoisotopic (exact) mass is 295 g/mol. The Hall–Kier alpha value is -1.99. The summed E-state index contributed by atoms with van der Waals surface area (Å²) in [6, 6.07) is 8.90. The first kappa shape index (κ1) is 14.4. The zero-order valence-corrected chi connectivity index (χ0v) is 11.4. The number of hydrogen-bond donors (Lipinski definition) is 2. The molecule has 2 rings (SSSR count). The molecule has 0 aliphatic heterocycles. The maximum atomic E-state index is 13.0. The van der Waals surface area contributed by atoms with E-state index in [1.54, 1.807) is 12.1 Å². The van der Waals surface area contributed by atoms with Crippen LogP contribution in [0.25, 0.3) is 0 Å². The molecule has 0 aliphatic carbocycles. The third kappa shape index (κ3) is 3.52. The van der Waals surface area contributed by atoms with Crippen molar-refractivity contribution < 1.29 is 12.8 Å². The van der Waals surface area contributed by atoms with Crippen molar-refractivity contribution >= 4 is 15.8 Å². The fraction of sp³-hybridized carbons (Fsp3) is 0.154. The van der Waals surface area contributed by atoms with Gasteiger partial charge in [-0.1, -0.05) is 12.1 Å². The largest absolute Gasteiger partial charge is 0.383 e. The van der Waals surface area contributed by atoms with Crippen LogP contribution in [0.2, 0.25) is 0 Å². The molecule has 1 heterocycles. The van der Waals surface area contributed by atoms with E-state index in [0.717, 1.165) is 0 Å². The van der Waals surface area contributed by atoms with Gasteiger partial charge >= 0.3 is 0 Å². The Labute approximate surface area is 116 Å². The van der Waals surface area contributed by atoms with Crippen LogP contribution in [0.1, 0.15) is 5.56 Å². The van der Waals surface area contributed by atoms with Gasteiger partial charge in [-0.3, -0.25) is 0 Å². The second-order valence-electron chi connectivity index (χ2n) is 4.16. The average molecular weight is 295 g/mol. The third-order valence-corrected chi connectivity index (χ3v) is 4.19. The first-order chi connectivity index (χ1) is 9.49. The number of nitrogens with one attached hydrogen (secondary N) is 1. The summed E-state index contributed by atoms with van der Waals surface area (Å²) in [5, 5.41) is 0. The molecule has 0 radical (unpaired) electrons. The summed E-state index contributed by atoms with van der Waals surface area (Å²) in [5.41, 5.74) is 6.24. The Kier molecular flexibility index (Phi) is 4.31. The topological polar surface area (TPSA) is 85.1 Å². The number of nitrogen functional groups attached to an aromatic ring is 1. The highest BCUT2D eigenvalue weighted by molar-refractivity contribution is 7.89. The molecule has 0 spiro atoms. The number of pyridine rings is 1. The lowest BCUT2D eigenvalue weighted by Crippen LogP contribution is -2.27. The van der Waals surface area contributed by atoms with Crippen LogP contribution >= 0.6 is 0 Å². The van der Waals surface area contributed by atoms with Crippen molar-refractivity contribution in [1.82, 2.24) is 9.71 Å². The van der Waals surface area contributed by atoms with E-state index in [1.807, 2.05) is 0 Å². The highest BCUT2D eigenvalue weighted by Gasteiger charge is 2.16. The number of sulfonamides is 1. The number of rotatable bonds is 5. The first-order valence-electron chi connectivity index (χ1n) is 5.93. The number of aromatic nitrogens is 1. The minimum atomic E-state index is -3.70. The van der Waals surface area contributed by atoms with Gasteiger partial charge < -0.3 is 5.73 Å². The number of benzene rings is 1. The molecule has 1 aromatic heterocycles. The zero-order valence-electron chi connectivity index (χ0n) is 10.6. The lowest BCUT2D eigenvalue weighted by molar-refractivity contribution is 0.581. The van der Waals surface area contributed by atoms with Gasteiger partial charge in [0.15, 0.2) is 0 Å². The molecular weight excluding hydrogens is 281 g/mol. The summed E-state index contributed by atoms with van der Waals surface area (Å²) in [6.07, 6.45) is 1.80. The molecule has 0 fully saturated rings. The maximum Gasteiger partial charge on any atom is 0.244 e. The van der Waals surface area contributed by atoms with Crippen molar-refractivity contribution in [2.24, 2.45) is 0 Å². The lowest BCUT2D eigenvalue weighted by atomic mass is 10.1. The van der Waals surface area contributed by atoms with Crippen LogP contribution in [0, 0.1) is 5.82 Å². The van der Waals surface area contributed by atoms with Gasteiger partial charge in [-0.15, -0.1) is 0 Å². The first-order valence-corrected chi connectivity index (χ1v) is 7.42. The van der Waals surface area contributed by atoms with Crippen LogP contribution in [0.4, 0.5) is 10.2 Å². The second kappa shape index (κ2) is 5.98. The summed E-state index contributed by atoms with van der Waals surface area (Å²) in [6.45, 7) is 0.153. The predicted octanol–water partition coefficient (Wildman–Crippen LogP) is 1.32. The zero-order chi connectivity index (χ0) is 14.6. The van der Waals surface area contributed by atoms with Crippen molar-refractivity contribution in [3.63, 3.8) is 0 Å². The highest BCUT2D eigenvalue weighted by atomic mass is 32.2. The molecule has 106 valence electrons.